The monoisotopic (exact) mass is 348 g/mol. The Morgan fingerprint density at radius 1 is 1.24 bits per heavy atom. The highest BCUT2D eigenvalue weighted by Crippen LogP contribution is 2.65. The maximum atomic E-state index is 13.2. The molecule has 25 heavy (non-hydrogen) atoms. The zero-order chi connectivity index (χ0) is 18.5. The van der Waals surface area contributed by atoms with Gasteiger partial charge in [0.05, 0.1) is 19.1 Å². The van der Waals surface area contributed by atoms with Gasteiger partial charge in [0.1, 0.15) is 5.78 Å². The summed E-state index contributed by atoms with van der Waals surface area (Å²) in [4.78, 5) is 25.2. The molecule has 2 fully saturated rings. The predicted molar refractivity (Wildman–Crippen MR) is 95.8 cm³/mol. The van der Waals surface area contributed by atoms with E-state index in [2.05, 4.69) is 20.8 Å². The second kappa shape index (κ2) is 6.22. The van der Waals surface area contributed by atoms with E-state index in [0.29, 0.717) is 17.9 Å². The van der Waals surface area contributed by atoms with Gasteiger partial charge in [-0.15, -0.1) is 0 Å². The van der Waals surface area contributed by atoms with E-state index in [1.165, 1.54) is 20.0 Å². The molecule has 1 N–H and O–H groups in total. The number of carbonyl (C=O) groups excluding carboxylic acids is 2. The van der Waals surface area contributed by atoms with Crippen LogP contribution in [0.2, 0.25) is 0 Å². The van der Waals surface area contributed by atoms with Crippen molar-refractivity contribution in [2.45, 2.75) is 65.7 Å². The number of rotatable bonds is 2. The van der Waals surface area contributed by atoms with Crippen molar-refractivity contribution < 1.29 is 19.4 Å². The molecule has 2 saturated carbocycles. The lowest BCUT2D eigenvalue weighted by molar-refractivity contribution is -0.166. The van der Waals surface area contributed by atoms with Crippen LogP contribution in [0.3, 0.4) is 0 Å². The van der Waals surface area contributed by atoms with Crippen molar-refractivity contribution in [3.05, 3.63) is 11.6 Å². The molecule has 0 aromatic rings. The third-order valence-corrected chi connectivity index (χ3v) is 7.85. The van der Waals surface area contributed by atoms with Crippen LogP contribution in [-0.4, -0.2) is 30.6 Å². The number of aliphatic hydroxyl groups is 1. The molecule has 0 aromatic carbocycles. The lowest BCUT2D eigenvalue weighted by atomic mass is 9.42. The SMILES string of the molecule is COC(=O)C1=CC[C@H]2[C@@](CO)(CC[C@H]3C(C)(C)CCC[C@@]32C)C(=O)C1. The fourth-order valence-electron chi connectivity index (χ4n) is 6.58. The van der Waals surface area contributed by atoms with Gasteiger partial charge in [-0.2, -0.15) is 0 Å². The molecule has 4 atom stereocenters. The van der Waals surface area contributed by atoms with Crippen LogP contribution in [-0.2, 0) is 14.3 Å². The number of fused-ring (bicyclic) bond motifs is 3. The molecule has 0 bridgehead atoms. The van der Waals surface area contributed by atoms with E-state index in [1.807, 2.05) is 6.08 Å². The minimum Gasteiger partial charge on any atom is -0.466 e. The molecular weight excluding hydrogens is 316 g/mol. The van der Waals surface area contributed by atoms with Crippen LogP contribution in [0.4, 0.5) is 0 Å². The van der Waals surface area contributed by atoms with Crippen LogP contribution >= 0.6 is 0 Å². The van der Waals surface area contributed by atoms with Gasteiger partial charge >= 0.3 is 5.97 Å². The van der Waals surface area contributed by atoms with Gasteiger partial charge < -0.3 is 9.84 Å². The van der Waals surface area contributed by atoms with Crippen molar-refractivity contribution in [1.82, 2.24) is 0 Å². The molecule has 0 unspecified atom stereocenters. The fraction of sp³-hybridized carbons (Fsp3) is 0.810. The summed E-state index contributed by atoms with van der Waals surface area (Å²) in [7, 11) is 1.36. The van der Waals surface area contributed by atoms with Crippen LogP contribution in [0.5, 0.6) is 0 Å². The van der Waals surface area contributed by atoms with Crippen molar-refractivity contribution in [2.24, 2.45) is 28.1 Å². The van der Waals surface area contributed by atoms with Crippen molar-refractivity contribution in [3.8, 4) is 0 Å². The van der Waals surface area contributed by atoms with Crippen molar-refractivity contribution in [3.63, 3.8) is 0 Å². The second-order valence-corrected chi connectivity index (χ2v) is 9.36. The summed E-state index contributed by atoms with van der Waals surface area (Å²) in [6.07, 6.45) is 7.90. The molecule has 3 aliphatic carbocycles. The van der Waals surface area contributed by atoms with Crippen LogP contribution in [0.15, 0.2) is 11.6 Å². The van der Waals surface area contributed by atoms with Crippen molar-refractivity contribution in [2.75, 3.05) is 13.7 Å². The Balaban J connectivity index is 2.06. The predicted octanol–water partition coefficient (Wildman–Crippen LogP) is 3.67. The molecule has 4 heteroatoms. The number of carbonyl (C=O) groups is 2. The number of hydrogen-bond donors (Lipinski definition) is 1. The number of allylic oxidation sites excluding steroid dienone is 1. The van der Waals surface area contributed by atoms with Gasteiger partial charge in [-0.25, -0.2) is 4.79 Å². The summed E-state index contributed by atoms with van der Waals surface area (Å²) in [5.74, 6) is 0.264. The number of esters is 1. The number of hydrogen-bond acceptors (Lipinski definition) is 4. The van der Waals surface area contributed by atoms with E-state index in [-0.39, 0.29) is 35.6 Å². The smallest absolute Gasteiger partial charge is 0.333 e. The molecule has 0 radical (unpaired) electrons. The third-order valence-electron chi connectivity index (χ3n) is 7.85. The summed E-state index contributed by atoms with van der Waals surface area (Å²) < 4.78 is 4.86. The zero-order valence-corrected chi connectivity index (χ0v) is 16.1. The molecule has 0 spiro atoms. The molecule has 0 saturated heterocycles. The molecular formula is C21H32O4. The van der Waals surface area contributed by atoms with Gasteiger partial charge in [-0.1, -0.05) is 33.3 Å². The fourth-order valence-corrected chi connectivity index (χ4v) is 6.58. The van der Waals surface area contributed by atoms with Crippen molar-refractivity contribution >= 4 is 11.8 Å². The first kappa shape index (κ1) is 18.6. The number of ketones is 1. The van der Waals surface area contributed by atoms with Gasteiger partial charge in [0, 0.05) is 12.0 Å². The van der Waals surface area contributed by atoms with Crippen molar-refractivity contribution in [1.29, 1.82) is 0 Å². The van der Waals surface area contributed by atoms with Crippen LogP contribution in [0.1, 0.15) is 65.7 Å². The maximum Gasteiger partial charge on any atom is 0.333 e. The average molecular weight is 348 g/mol. The summed E-state index contributed by atoms with van der Waals surface area (Å²) in [6.45, 7) is 6.93. The molecule has 4 nitrogen and oxygen atoms in total. The molecule has 0 heterocycles. The average Bonchev–Trinajstić information content (AvgIpc) is 2.71. The minimum absolute atomic E-state index is 0.0252. The van der Waals surface area contributed by atoms with E-state index < -0.39 is 11.4 Å². The number of Topliss-reactive ketones (excluding diaryl/α,β-unsaturated/α-hetero) is 1. The van der Waals surface area contributed by atoms with Crippen LogP contribution in [0.25, 0.3) is 0 Å². The van der Waals surface area contributed by atoms with Crippen LogP contribution in [0, 0.1) is 28.1 Å². The van der Waals surface area contributed by atoms with Gasteiger partial charge in [0.2, 0.25) is 0 Å². The Morgan fingerprint density at radius 3 is 2.60 bits per heavy atom. The minimum atomic E-state index is -0.703. The van der Waals surface area contributed by atoms with Gasteiger partial charge in [0.25, 0.3) is 0 Å². The second-order valence-electron chi connectivity index (χ2n) is 9.36. The molecule has 0 aliphatic heterocycles. The highest BCUT2D eigenvalue weighted by Gasteiger charge is 2.61. The highest BCUT2D eigenvalue weighted by atomic mass is 16.5. The molecule has 0 aromatic heterocycles. The first-order valence-electron chi connectivity index (χ1n) is 9.63. The summed E-state index contributed by atoms with van der Waals surface area (Å²) in [5.41, 5.74) is 0.0505. The lowest BCUT2D eigenvalue weighted by Crippen LogP contribution is -2.58. The quantitative estimate of drug-likeness (QED) is 0.773. The highest BCUT2D eigenvalue weighted by molar-refractivity contribution is 5.98. The summed E-state index contributed by atoms with van der Waals surface area (Å²) in [5, 5.41) is 10.3. The van der Waals surface area contributed by atoms with Crippen LogP contribution < -0.4 is 0 Å². The van der Waals surface area contributed by atoms with E-state index in [4.69, 9.17) is 4.74 Å². The number of aliphatic hydroxyl groups excluding tert-OH is 1. The Hall–Kier alpha value is -1.16. The number of methoxy groups -OCH3 is 1. The normalized spacial score (nSPS) is 40.4. The summed E-state index contributed by atoms with van der Waals surface area (Å²) in [6, 6.07) is 0. The summed E-state index contributed by atoms with van der Waals surface area (Å²) >= 11 is 0. The Labute approximate surface area is 151 Å². The van der Waals surface area contributed by atoms with E-state index in [9.17, 15) is 14.7 Å². The third kappa shape index (κ3) is 2.68. The van der Waals surface area contributed by atoms with E-state index in [0.717, 1.165) is 19.3 Å². The van der Waals surface area contributed by atoms with E-state index >= 15 is 0 Å². The van der Waals surface area contributed by atoms with Gasteiger partial charge in [-0.05, 0) is 54.8 Å². The number of ether oxygens (including phenoxy) is 1. The topological polar surface area (TPSA) is 63.6 Å². The molecule has 3 rings (SSSR count). The van der Waals surface area contributed by atoms with E-state index in [1.54, 1.807) is 0 Å². The zero-order valence-electron chi connectivity index (χ0n) is 16.1. The van der Waals surface area contributed by atoms with Gasteiger partial charge in [0.15, 0.2) is 0 Å². The lowest BCUT2D eigenvalue weighted by Gasteiger charge is -2.62. The first-order chi connectivity index (χ1) is 11.7. The maximum absolute atomic E-state index is 13.2. The van der Waals surface area contributed by atoms with Gasteiger partial charge in [-0.3, -0.25) is 4.79 Å². The Morgan fingerprint density at radius 2 is 1.96 bits per heavy atom. The molecule has 140 valence electrons. The Bertz CT molecular complexity index is 605. The Kier molecular flexibility index (Phi) is 4.64. The standard InChI is InChI=1S/C21H32O4/c1-19(2)9-5-10-20(3)15(19)8-11-21(13-22)16(20)7-6-14(12-17(21)23)18(24)25-4/h6,15-16,22H,5,7-13H2,1-4H3/t15-,16+,20-,21-/m0/s1. The molecule has 0 amide bonds. The largest absolute Gasteiger partial charge is 0.466 e. The first-order valence-corrected chi connectivity index (χ1v) is 9.63. The molecule has 3 aliphatic rings.